The molecule has 4 nitrogen and oxygen atoms in total. The third-order valence-electron chi connectivity index (χ3n) is 2.47. The Hall–Kier alpha value is -0.720. The maximum atomic E-state index is 12.0. The molecule has 0 unspecified atom stereocenters. The van der Waals surface area contributed by atoms with Crippen LogP contribution < -0.4 is 9.46 Å². The topological polar surface area (TPSA) is 55.4 Å². The third kappa shape index (κ3) is 3.37. The number of methoxy groups -OCH3 is 1. The fraction of sp³-hybridized carbons (Fsp3) is 0.455. The molecule has 0 amide bonds. The number of hydrogen-bond acceptors (Lipinski definition) is 4. The smallest absolute Gasteiger partial charge is 0.244 e. The summed E-state index contributed by atoms with van der Waals surface area (Å²) in [4.78, 5) is 0.171. The van der Waals surface area contributed by atoms with Crippen LogP contribution in [0.2, 0.25) is 0 Å². The molecule has 0 atom stereocenters. The van der Waals surface area contributed by atoms with Gasteiger partial charge in [-0.15, -0.1) is 0 Å². The lowest BCUT2D eigenvalue weighted by molar-refractivity contribution is 0.402. The first-order chi connectivity index (χ1) is 7.92. The van der Waals surface area contributed by atoms with Gasteiger partial charge < -0.3 is 4.74 Å². The van der Waals surface area contributed by atoms with Gasteiger partial charge in [0.25, 0.3) is 0 Å². The van der Waals surface area contributed by atoms with Gasteiger partial charge in [-0.1, -0.05) is 0 Å². The molecule has 0 fully saturated rings. The van der Waals surface area contributed by atoms with Crippen molar-refractivity contribution in [2.24, 2.45) is 0 Å². The second kappa shape index (κ2) is 5.75. The number of thiol groups is 1. The fourth-order valence-corrected chi connectivity index (χ4v) is 2.92. The average molecular weight is 275 g/mol. The molecular formula is C11H17NO3S2. The molecule has 1 rings (SSSR count). The molecule has 96 valence electrons. The molecule has 0 spiro atoms. The summed E-state index contributed by atoms with van der Waals surface area (Å²) in [7, 11) is -2.07. The Bertz CT molecular complexity index is 498. The molecule has 0 saturated heterocycles. The number of ether oxygens (including phenoxy) is 1. The molecular weight excluding hydrogens is 258 g/mol. The zero-order chi connectivity index (χ0) is 13.1. The minimum absolute atomic E-state index is 0.171. The lowest BCUT2D eigenvalue weighted by atomic mass is 10.1. The van der Waals surface area contributed by atoms with Gasteiger partial charge in [0, 0.05) is 12.3 Å². The van der Waals surface area contributed by atoms with Crippen molar-refractivity contribution < 1.29 is 13.2 Å². The van der Waals surface area contributed by atoms with E-state index in [1.807, 2.05) is 13.8 Å². The number of benzene rings is 1. The van der Waals surface area contributed by atoms with Gasteiger partial charge in [-0.05, 0) is 37.1 Å². The molecule has 0 aliphatic rings. The Morgan fingerprint density at radius 3 is 2.41 bits per heavy atom. The molecule has 1 N–H and O–H groups in total. The maximum absolute atomic E-state index is 12.0. The van der Waals surface area contributed by atoms with Crippen LogP contribution in [0.15, 0.2) is 17.0 Å². The van der Waals surface area contributed by atoms with Crippen molar-refractivity contribution in [2.75, 3.05) is 19.4 Å². The summed E-state index contributed by atoms with van der Waals surface area (Å²) in [5.74, 6) is 0.812. The van der Waals surface area contributed by atoms with Crippen LogP contribution in [0.4, 0.5) is 0 Å². The highest BCUT2D eigenvalue weighted by Crippen LogP contribution is 2.26. The highest BCUT2D eigenvalue weighted by Gasteiger charge is 2.19. The molecule has 0 aromatic heterocycles. The van der Waals surface area contributed by atoms with Crippen molar-refractivity contribution in [1.82, 2.24) is 4.72 Å². The lowest BCUT2D eigenvalue weighted by Crippen LogP contribution is -2.26. The summed E-state index contributed by atoms with van der Waals surface area (Å²) in [6, 6.07) is 3.35. The van der Waals surface area contributed by atoms with E-state index in [4.69, 9.17) is 4.74 Å². The molecule has 6 heteroatoms. The van der Waals surface area contributed by atoms with Gasteiger partial charge in [-0.3, -0.25) is 0 Å². The number of sulfonamides is 1. The van der Waals surface area contributed by atoms with E-state index in [0.29, 0.717) is 18.0 Å². The summed E-state index contributed by atoms with van der Waals surface area (Å²) >= 11 is 3.97. The normalized spacial score (nSPS) is 11.5. The number of aryl methyl sites for hydroxylation is 2. The summed E-state index contributed by atoms with van der Waals surface area (Å²) in [6.07, 6.45) is 0. The van der Waals surface area contributed by atoms with E-state index in [9.17, 15) is 8.42 Å². The van der Waals surface area contributed by atoms with Crippen LogP contribution in [-0.2, 0) is 10.0 Å². The van der Waals surface area contributed by atoms with Crippen molar-refractivity contribution >= 4 is 22.7 Å². The van der Waals surface area contributed by atoms with Crippen molar-refractivity contribution in [3.8, 4) is 5.75 Å². The third-order valence-corrected chi connectivity index (χ3v) is 4.18. The van der Waals surface area contributed by atoms with Gasteiger partial charge in [0.15, 0.2) is 0 Å². The summed E-state index contributed by atoms with van der Waals surface area (Å²) < 4.78 is 31.6. The zero-order valence-corrected chi connectivity index (χ0v) is 11.9. The summed E-state index contributed by atoms with van der Waals surface area (Å²) in [5, 5.41) is 0. The number of rotatable bonds is 5. The standard InChI is InChI=1S/C11H17NO3S2/c1-8-6-10(15-3)11(7-9(8)2)17(13,14)12-4-5-16/h6-7,12,16H,4-5H2,1-3H3. The largest absolute Gasteiger partial charge is 0.495 e. The van der Waals surface area contributed by atoms with E-state index < -0.39 is 10.0 Å². The van der Waals surface area contributed by atoms with Gasteiger partial charge in [0.2, 0.25) is 10.0 Å². The average Bonchev–Trinajstić information content (AvgIpc) is 2.29. The van der Waals surface area contributed by atoms with Crippen molar-refractivity contribution in [1.29, 1.82) is 0 Å². The Balaban J connectivity index is 3.25. The zero-order valence-electron chi connectivity index (χ0n) is 10.1. The van der Waals surface area contributed by atoms with E-state index in [1.54, 1.807) is 12.1 Å². The van der Waals surface area contributed by atoms with Crippen molar-refractivity contribution in [3.05, 3.63) is 23.3 Å². The minimum Gasteiger partial charge on any atom is -0.495 e. The maximum Gasteiger partial charge on any atom is 0.244 e. The van der Waals surface area contributed by atoms with Gasteiger partial charge in [-0.2, -0.15) is 12.6 Å². The molecule has 1 aromatic carbocycles. The minimum atomic E-state index is -3.53. The van der Waals surface area contributed by atoms with Crippen LogP contribution >= 0.6 is 12.6 Å². The Labute approximate surface area is 108 Å². The van der Waals surface area contributed by atoms with E-state index in [2.05, 4.69) is 17.4 Å². The van der Waals surface area contributed by atoms with Gasteiger partial charge in [-0.25, -0.2) is 13.1 Å². The van der Waals surface area contributed by atoms with Crippen LogP contribution in [0.3, 0.4) is 0 Å². The molecule has 0 aliphatic carbocycles. The first-order valence-corrected chi connectivity index (χ1v) is 7.29. The fourth-order valence-electron chi connectivity index (χ4n) is 1.39. The van der Waals surface area contributed by atoms with Crippen molar-refractivity contribution in [2.45, 2.75) is 18.7 Å². The van der Waals surface area contributed by atoms with Gasteiger partial charge in [0.05, 0.1) is 7.11 Å². The highest BCUT2D eigenvalue weighted by molar-refractivity contribution is 7.89. The van der Waals surface area contributed by atoms with Crippen LogP contribution in [0.5, 0.6) is 5.75 Å². The number of nitrogens with one attached hydrogen (secondary N) is 1. The molecule has 0 aliphatic heterocycles. The molecule has 0 heterocycles. The van der Waals surface area contributed by atoms with Crippen LogP contribution in [-0.4, -0.2) is 27.8 Å². The van der Waals surface area contributed by atoms with Gasteiger partial charge >= 0.3 is 0 Å². The van der Waals surface area contributed by atoms with Crippen LogP contribution in [0.25, 0.3) is 0 Å². The summed E-state index contributed by atoms with van der Waals surface area (Å²) in [5.41, 5.74) is 1.91. The quantitative estimate of drug-likeness (QED) is 0.801. The molecule has 0 bridgehead atoms. The number of hydrogen-bond donors (Lipinski definition) is 2. The second-order valence-corrected chi connectivity index (χ2v) is 5.89. The van der Waals surface area contributed by atoms with E-state index in [0.717, 1.165) is 11.1 Å². The SMILES string of the molecule is COc1cc(C)c(C)cc1S(=O)(=O)NCCS. The first-order valence-electron chi connectivity index (χ1n) is 5.18. The molecule has 0 radical (unpaired) electrons. The summed E-state index contributed by atoms with van der Waals surface area (Å²) in [6.45, 7) is 4.07. The van der Waals surface area contributed by atoms with E-state index >= 15 is 0 Å². The molecule has 0 saturated carbocycles. The molecule has 1 aromatic rings. The highest BCUT2D eigenvalue weighted by atomic mass is 32.2. The van der Waals surface area contributed by atoms with Crippen molar-refractivity contribution in [3.63, 3.8) is 0 Å². The Kier molecular flexibility index (Phi) is 4.85. The van der Waals surface area contributed by atoms with Crippen LogP contribution in [0, 0.1) is 13.8 Å². The van der Waals surface area contributed by atoms with Crippen LogP contribution in [0.1, 0.15) is 11.1 Å². The first kappa shape index (κ1) is 14.3. The van der Waals surface area contributed by atoms with E-state index in [-0.39, 0.29) is 4.90 Å². The Morgan fingerprint density at radius 1 is 1.29 bits per heavy atom. The second-order valence-electron chi connectivity index (χ2n) is 3.71. The molecule has 17 heavy (non-hydrogen) atoms. The predicted molar refractivity (Wildman–Crippen MR) is 71.5 cm³/mol. The lowest BCUT2D eigenvalue weighted by Gasteiger charge is -2.12. The van der Waals surface area contributed by atoms with E-state index in [1.165, 1.54) is 7.11 Å². The predicted octanol–water partition coefficient (Wildman–Crippen LogP) is 1.52. The Morgan fingerprint density at radius 2 is 1.88 bits per heavy atom. The van der Waals surface area contributed by atoms with Gasteiger partial charge in [0.1, 0.15) is 10.6 Å². The monoisotopic (exact) mass is 275 g/mol.